The molecule has 3 heterocycles. The molecule has 1 fully saturated rings. The number of carbonyl (C=O) groups excluding carboxylic acids is 1. The summed E-state index contributed by atoms with van der Waals surface area (Å²) in [6, 6.07) is 8.78. The molecule has 3 aromatic rings. The van der Waals surface area contributed by atoms with E-state index >= 15 is 0 Å². The Bertz CT molecular complexity index is 1120. The number of aromatic nitrogens is 1. The summed E-state index contributed by atoms with van der Waals surface area (Å²) in [5.41, 5.74) is 1.60. The summed E-state index contributed by atoms with van der Waals surface area (Å²) in [7, 11) is -3.56. The molecule has 0 spiro atoms. The van der Waals surface area contributed by atoms with Crippen LogP contribution < -0.4 is 5.32 Å². The van der Waals surface area contributed by atoms with E-state index < -0.39 is 10.0 Å². The van der Waals surface area contributed by atoms with Crippen molar-refractivity contribution in [1.82, 2.24) is 9.29 Å². The van der Waals surface area contributed by atoms with Gasteiger partial charge in [0.25, 0.3) is 5.91 Å². The summed E-state index contributed by atoms with van der Waals surface area (Å²) >= 11 is 2.98. The molecular weight excluding hydrogens is 426 g/mol. The van der Waals surface area contributed by atoms with Gasteiger partial charge in [0.1, 0.15) is 10.7 Å². The van der Waals surface area contributed by atoms with Crippen LogP contribution in [0.25, 0.3) is 9.88 Å². The van der Waals surface area contributed by atoms with Crippen molar-refractivity contribution in [2.75, 3.05) is 18.4 Å². The van der Waals surface area contributed by atoms with Crippen molar-refractivity contribution in [3.05, 3.63) is 52.3 Å². The predicted molar refractivity (Wildman–Crippen MR) is 117 cm³/mol. The molecule has 0 saturated carbocycles. The quantitative estimate of drug-likeness (QED) is 0.620. The molecule has 2 aromatic heterocycles. The fourth-order valence-corrected chi connectivity index (χ4v) is 6.39. The Kier molecular flexibility index (Phi) is 5.82. The van der Waals surface area contributed by atoms with Crippen LogP contribution in [0.4, 0.5) is 5.69 Å². The van der Waals surface area contributed by atoms with Gasteiger partial charge in [-0.15, -0.1) is 22.7 Å². The van der Waals surface area contributed by atoms with Gasteiger partial charge in [-0.25, -0.2) is 13.4 Å². The van der Waals surface area contributed by atoms with Crippen molar-refractivity contribution in [3.63, 3.8) is 0 Å². The number of aryl methyl sites for hydroxylation is 1. The lowest BCUT2D eigenvalue weighted by molar-refractivity contribution is 0.102. The first-order chi connectivity index (χ1) is 13.9. The fraction of sp³-hybridized carbons (Fsp3) is 0.300. The molecule has 6 nitrogen and oxygen atoms in total. The Balaban J connectivity index is 1.56. The van der Waals surface area contributed by atoms with E-state index in [1.165, 1.54) is 15.6 Å². The van der Waals surface area contributed by atoms with E-state index in [0.717, 1.165) is 34.7 Å². The fourth-order valence-electron chi connectivity index (χ4n) is 3.23. The second-order valence-corrected chi connectivity index (χ2v) is 10.7. The minimum absolute atomic E-state index is 0.206. The highest BCUT2D eigenvalue weighted by atomic mass is 32.2. The van der Waals surface area contributed by atoms with Gasteiger partial charge in [0.05, 0.1) is 9.77 Å². The molecule has 9 heteroatoms. The lowest BCUT2D eigenvalue weighted by atomic mass is 10.2. The molecule has 4 rings (SSSR count). The highest BCUT2D eigenvalue weighted by Gasteiger charge is 2.26. The smallest absolute Gasteiger partial charge is 0.275 e. The first kappa shape index (κ1) is 20.2. The lowest BCUT2D eigenvalue weighted by Crippen LogP contribution is -2.35. The van der Waals surface area contributed by atoms with Crippen molar-refractivity contribution in [1.29, 1.82) is 0 Å². The zero-order valence-corrected chi connectivity index (χ0v) is 18.4. The number of thiophene rings is 1. The van der Waals surface area contributed by atoms with Gasteiger partial charge in [-0.1, -0.05) is 18.6 Å². The van der Waals surface area contributed by atoms with E-state index in [4.69, 9.17) is 0 Å². The Hall–Kier alpha value is -2.07. The van der Waals surface area contributed by atoms with E-state index in [1.54, 1.807) is 34.9 Å². The molecular formula is C20H21N3O3S3. The van der Waals surface area contributed by atoms with Crippen LogP contribution in [-0.2, 0) is 10.0 Å². The van der Waals surface area contributed by atoms with Gasteiger partial charge in [-0.05, 0) is 48.9 Å². The number of benzene rings is 1. The number of piperidine rings is 1. The number of nitrogens with zero attached hydrogens (tertiary/aromatic N) is 2. The number of nitrogens with one attached hydrogen (secondary N) is 1. The van der Waals surface area contributed by atoms with Crippen LogP contribution in [0.3, 0.4) is 0 Å². The molecule has 0 aliphatic carbocycles. The summed E-state index contributed by atoms with van der Waals surface area (Å²) in [6.45, 7) is 2.93. The van der Waals surface area contributed by atoms with E-state index in [1.807, 2.05) is 24.4 Å². The van der Waals surface area contributed by atoms with Crippen molar-refractivity contribution in [3.8, 4) is 9.88 Å². The number of carbonyl (C=O) groups is 1. The van der Waals surface area contributed by atoms with Crippen molar-refractivity contribution < 1.29 is 13.2 Å². The molecule has 1 N–H and O–H groups in total. The molecule has 152 valence electrons. The number of hydrogen-bond acceptors (Lipinski definition) is 6. The molecule has 1 amide bonds. The minimum Gasteiger partial charge on any atom is -0.320 e. The summed E-state index contributed by atoms with van der Waals surface area (Å²) in [6.07, 6.45) is 2.82. The van der Waals surface area contributed by atoms with Crippen molar-refractivity contribution in [2.45, 2.75) is 31.1 Å². The van der Waals surface area contributed by atoms with E-state index in [-0.39, 0.29) is 10.8 Å². The third kappa shape index (κ3) is 4.28. The Labute approximate surface area is 178 Å². The first-order valence-corrected chi connectivity index (χ1v) is 12.6. The maximum atomic E-state index is 12.9. The first-order valence-electron chi connectivity index (χ1n) is 9.37. The predicted octanol–water partition coefficient (Wildman–Crippen LogP) is 4.61. The second-order valence-electron chi connectivity index (χ2n) is 6.91. The monoisotopic (exact) mass is 447 g/mol. The minimum atomic E-state index is -3.56. The van der Waals surface area contributed by atoms with E-state index in [9.17, 15) is 13.2 Å². The second kappa shape index (κ2) is 8.35. The molecule has 0 unspecified atom stereocenters. The molecule has 1 saturated heterocycles. The average molecular weight is 448 g/mol. The summed E-state index contributed by atoms with van der Waals surface area (Å²) in [4.78, 5) is 18.3. The van der Waals surface area contributed by atoms with Crippen LogP contribution in [0.2, 0.25) is 0 Å². The molecule has 0 radical (unpaired) electrons. The number of thiazole rings is 1. The van der Waals surface area contributed by atoms with Crippen LogP contribution in [0.15, 0.2) is 46.0 Å². The molecule has 0 atom stereocenters. The van der Waals surface area contributed by atoms with Crippen LogP contribution >= 0.6 is 22.7 Å². The third-order valence-corrected chi connectivity index (χ3v) is 8.65. The number of sulfonamides is 1. The topological polar surface area (TPSA) is 79.4 Å². The van der Waals surface area contributed by atoms with Crippen LogP contribution in [0.5, 0.6) is 0 Å². The summed E-state index contributed by atoms with van der Waals surface area (Å²) in [5.74, 6) is -0.348. The zero-order chi connectivity index (χ0) is 20.4. The Morgan fingerprint density at radius 3 is 2.66 bits per heavy atom. The van der Waals surface area contributed by atoms with Crippen LogP contribution in [0.1, 0.15) is 35.3 Å². The largest absolute Gasteiger partial charge is 0.320 e. The van der Waals surface area contributed by atoms with Crippen LogP contribution in [-0.4, -0.2) is 36.7 Å². The van der Waals surface area contributed by atoms with Gasteiger partial charge in [-0.3, -0.25) is 4.79 Å². The number of rotatable bonds is 5. The maximum absolute atomic E-state index is 12.9. The van der Waals surface area contributed by atoms with Gasteiger partial charge in [-0.2, -0.15) is 4.31 Å². The van der Waals surface area contributed by atoms with Gasteiger partial charge in [0, 0.05) is 24.2 Å². The number of anilines is 1. The van der Waals surface area contributed by atoms with Gasteiger partial charge < -0.3 is 5.32 Å². The SMILES string of the molecule is Cc1ccc(S(=O)(=O)N2CCCCC2)cc1NC(=O)c1csc(-c2cccs2)n1. The molecule has 29 heavy (non-hydrogen) atoms. The Morgan fingerprint density at radius 2 is 1.93 bits per heavy atom. The number of hydrogen-bond donors (Lipinski definition) is 1. The molecule has 1 aliphatic rings. The van der Waals surface area contributed by atoms with Gasteiger partial charge in [0.2, 0.25) is 10.0 Å². The molecule has 1 aromatic carbocycles. The van der Waals surface area contributed by atoms with Gasteiger partial charge >= 0.3 is 0 Å². The Morgan fingerprint density at radius 1 is 1.14 bits per heavy atom. The lowest BCUT2D eigenvalue weighted by Gasteiger charge is -2.26. The van der Waals surface area contributed by atoms with E-state index in [2.05, 4.69) is 10.3 Å². The normalized spacial score (nSPS) is 15.3. The molecule has 0 bridgehead atoms. The van der Waals surface area contributed by atoms with Gasteiger partial charge in [0.15, 0.2) is 0 Å². The zero-order valence-electron chi connectivity index (χ0n) is 15.9. The average Bonchev–Trinajstić information content (AvgIpc) is 3.42. The standard InChI is InChI=1S/C20H21N3O3S3/c1-14-7-8-15(29(25,26)23-9-3-2-4-10-23)12-16(14)21-19(24)17-13-28-20(22-17)18-6-5-11-27-18/h5-8,11-13H,2-4,9-10H2,1H3,(H,21,24). The van der Waals surface area contributed by atoms with E-state index in [0.29, 0.717) is 24.5 Å². The molecule has 1 aliphatic heterocycles. The highest BCUT2D eigenvalue weighted by Crippen LogP contribution is 2.29. The number of amides is 1. The van der Waals surface area contributed by atoms with Crippen LogP contribution in [0, 0.1) is 6.92 Å². The van der Waals surface area contributed by atoms with Crippen molar-refractivity contribution in [2.24, 2.45) is 0 Å². The maximum Gasteiger partial charge on any atom is 0.275 e. The highest BCUT2D eigenvalue weighted by molar-refractivity contribution is 7.89. The third-order valence-electron chi connectivity index (χ3n) is 4.88. The summed E-state index contributed by atoms with van der Waals surface area (Å²) < 4.78 is 27.4. The summed E-state index contributed by atoms with van der Waals surface area (Å²) in [5, 5.41) is 7.30. The van der Waals surface area contributed by atoms with Crippen molar-refractivity contribution >= 4 is 44.3 Å².